The highest BCUT2D eigenvalue weighted by Crippen LogP contribution is 2.20. The van der Waals surface area contributed by atoms with E-state index in [9.17, 15) is 4.39 Å². The fourth-order valence-corrected chi connectivity index (χ4v) is 2.29. The second kappa shape index (κ2) is 5.48. The van der Waals surface area contributed by atoms with Crippen molar-refractivity contribution in [3.8, 4) is 0 Å². The average molecular weight is 309 g/mol. The normalized spacial score (nSPS) is 11.0. The standard InChI is InChI=1S/C15H12FN7/c16-11-3-1-10(2-4-11)7-23-8-12(5-20-23)21-14-13-6-19-22-15(13)18-9-17-14/h1-6,8-9H,7H2,(H2,17,18,19,21,22). The lowest BCUT2D eigenvalue weighted by Crippen LogP contribution is -2.00. The summed E-state index contributed by atoms with van der Waals surface area (Å²) in [5, 5.41) is 15.0. The molecule has 3 heterocycles. The molecule has 0 amide bonds. The number of nitrogens with zero attached hydrogens (tertiary/aromatic N) is 5. The third kappa shape index (κ3) is 2.73. The first-order valence-corrected chi connectivity index (χ1v) is 6.96. The maximum atomic E-state index is 12.9. The number of hydrogen-bond donors (Lipinski definition) is 2. The number of halogens is 1. The molecule has 1 aromatic carbocycles. The number of fused-ring (bicyclic) bond motifs is 1. The Kier molecular flexibility index (Phi) is 3.19. The molecule has 3 aromatic heterocycles. The van der Waals surface area contributed by atoms with Gasteiger partial charge in [-0.05, 0) is 17.7 Å². The Labute approximate surface area is 130 Å². The van der Waals surface area contributed by atoms with Crippen molar-refractivity contribution in [2.45, 2.75) is 6.54 Å². The molecule has 0 saturated carbocycles. The summed E-state index contributed by atoms with van der Waals surface area (Å²) < 4.78 is 14.7. The van der Waals surface area contributed by atoms with Crippen LogP contribution in [0.3, 0.4) is 0 Å². The summed E-state index contributed by atoms with van der Waals surface area (Å²) in [6.45, 7) is 0.562. The molecule has 0 spiro atoms. The largest absolute Gasteiger partial charge is 0.337 e. The van der Waals surface area contributed by atoms with Gasteiger partial charge in [0.25, 0.3) is 0 Å². The molecule has 2 N–H and O–H groups in total. The van der Waals surface area contributed by atoms with E-state index in [1.54, 1.807) is 29.2 Å². The first-order valence-electron chi connectivity index (χ1n) is 6.96. The molecule has 0 aliphatic heterocycles. The molecule has 0 radical (unpaired) electrons. The van der Waals surface area contributed by atoms with E-state index in [2.05, 4.69) is 30.6 Å². The van der Waals surface area contributed by atoms with Crippen molar-refractivity contribution in [2.75, 3.05) is 5.32 Å². The van der Waals surface area contributed by atoms with E-state index in [1.165, 1.54) is 18.5 Å². The maximum Gasteiger partial charge on any atom is 0.160 e. The Morgan fingerprint density at radius 2 is 2.00 bits per heavy atom. The minimum absolute atomic E-state index is 0.246. The Morgan fingerprint density at radius 3 is 2.87 bits per heavy atom. The Bertz CT molecular complexity index is 942. The summed E-state index contributed by atoms with van der Waals surface area (Å²) >= 11 is 0. The van der Waals surface area contributed by atoms with Crippen LogP contribution >= 0.6 is 0 Å². The fraction of sp³-hybridized carbons (Fsp3) is 0.0667. The van der Waals surface area contributed by atoms with Crippen molar-refractivity contribution >= 4 is 22.5 Å². The molecular formula is C15H12FN7. The highest BCUT2D eigenvalue weighted by molar-refractivity contribution is 5.87. The number of aromatic nitrogens is 6. The number of anilines is 2. The fourth-order valence-electron chi connectivity index (χ4n) is 2.29. The van der Waals surface area contributed by atoms with Crippen LogP contribution in [0.25, 0.3) is 11.0 Å². The van der Waals surface area contributed by atoms with Crippen LogP contribution in [0.4, 0.5) is 15.9 Å². The van der Waals surface area contributed by atoms with Crippen molar-refractivity contribution in [3.05, 3.63) is 60.6 Å². The van der Waals surface area contributed by atoms with Crippen LogP contribution in [-0.4, -0.2) is 29.9 Å². The zero-order valence-electron chi connectivity index (χ0n) is 11.9. The van der Waals surface area contributed by atoms with E-state index >= 15 is 0 Å². The number of aromatic amines is 1. The van der Waals surface area contributed by atoms with E-state index < -0.39 is 0 Å². The minimum Gasteiger partial charge on any atom is -0.337 e. The van der Waals surface area contributed by atoms with Crippen LogP contribution in [0.15, 0.2) is 49.2 Å². The molecule has 8 heteroatoms. The Balaban J connectivity index is 1.54. The van der Waals surface area contributed by atoms with E-state index in [-0.39, 0.29) is 5.82 Å². The third-order valence-electron chi connectivity index (χ3n) is 3.40. The molecule has 0 saturated heterocycles. The molecule has 23 heavy (non-hydrogen) atoms. The molecule has 4 aromatic rings. The molecule has 4 rings (SSSR count). The predicted molar refractivity (Wildman–Crippen MR) is 82.7 cm³/mol. The highest BCUT2D eigenvalue weighted by Gasteiger charge is 2.07. The molecule has 7 nitrogen and oxygen atoms in total. The van der Waals surface area contributed by atoms with E-state index in [0.717, 1.165) is 16.6 Å². The van der Waals surface area contributed by atoms with Crippen molar-refractivity contribution in [1.82, 2.24) is 29.9 Å². The van der Waals surface area contributed by atoms with Gasteiger partial charge < -0.3 is 5.32 Å². The predicted octanol–water partition coefficient (Wildman–Crippen LogP) is 2.48. The summed E-state index contributed by atoms with van der Waals surface area (Å²) in [5.74, 6) is 0.412. The van der Waals surface area contributed by atoms with Crippen LogP contribution in [0.1, 0.15) is 5.56 Å². The SMILES string of the molecule is Fc1ccc(Cn2cc(Nc3ncnc4[nH]ncc34)cn2)cc1. The van der Waals surface area contributed by atoms with Gasteiger partial charge in [-0.2, -0.15) is 10.2 Å². The molecule has 0 atom stereocenters. The number of H-pyrrole nitrogens is 1. The molecule has 0 aliphatic carbocycles. The number of hydrogen-bond acceptors (Lipinski definition) is 5. The van der Waals surface area contributed by atoms with Gasteiger partial charge in [0.05, 0.1) is 30.0 Å². The molecule has 0 bridgehead atoms. The van der Waals surface area contributed by atoms with Crippen LogP contribution in [0.2, 0.25) is 0 Å². The van der Waals surface area contributed by atoms with Crippen molar-refractivity contribution in [1.29, 1.82) is 0 Å². The summed E-state index contributed by atoms with van der Waals surface area (Å²) in [5.41, 5.74) is 2.44. The van der Waals surface area contributed by atoms with Gasteiger partial charge in [-0.15, -0.1) is 0 Å². The van der Waals surface area contributed by atoms with E-state index in [4.69, 9.17) is 0 Å². The van der Waals surface area contributed by atoms with E-state index in [0.29, 0.717) is 18.0 Å². The second-order valence-electron chi connectivity index (χ2n) is 5.03. The smallest absolute Gasteiger partial charge is 0.160 e. The monoisotopic (exact) mass is 309 g/mol. The van der Waals surface area contributed by atoms with E-state index in [1.807, 2.05) is 6.20 Å². The van der Waals surface area contributed by atoms with Gasteiger partial charge in [0.2, 0.25) is 0 Å². The topological polar surface area (TPSA) is 84.3 Å². The van der Waals surface area contributed by atoms with Gasteiger partial charge in [0, 0.05) is 6.20 Å². The lowest BCUT2D eigenvalue weighted by molar-refractivity contribution is 0.624. The van der Waals surface area contributed by atoms with Crippen molar-refractivity contribution in [2.24, 2.45) is 0 Å². The molecular weight excluding hydrogens is 297 g/mol. The summed E-state index contributed by atoms with van der Waals surface area (Å²) in [6.07, 6.45) is 6.70. The summed E-state index contributed by atoms with van der Waals surface area (Å²) in [6, 6.07) is 6.36. The molecule has 0 unspecified atom stereocenters. The Morgan fingerprint density at radius 1 is 1.13 bits per heavy atom. The Hall–Kier alpha value is -3.29. The lowest BCUT2D eigenvalue weighted by atomic mass is 10.2. The van der Waals surface area contributed by atoms with Gasteiger partial charge >= 0.3 is 0 Å². The summed E-state index contributed by atoms with van der Waals surface area (Å²) in [7, 11) is 0. The van der Waals surface area contributed by atoms with Crippen LogP contribution < -0.4 is 5.32 Å². The molecule has 0 fully saturated rings. The number of benzene rings is 1. The average Bonchev–Trinajstić information content (AvgIpc) is 3.19. The van der Waals surface area contributed by atoms with Crippen molar-refractivity contribution in [3.63, 3.8) is 0 Å². The first-order chi connectivity index (χ1) is 11.3. The van der Waals surface area contributed by atoms with Crippen LogP contribution in [0.5, 0.6) is 0 Å². The van der Waals surface area contributed by atoms with Gasteiger partial charge in [-0.25, -0.2) is 14.4 Å². The van der Waals surface area contributed by atoms with Crippen LogP contribution in [-0.2, 0) is 6.54 Å². The van der Waals surface area contributed by atoms with Crippen LogP contribution in [0, 0.1) is 5.82 Å². The highest BCUT2D eigenvalue weighted by atomic mass is 19.1. The van der Waals surface area contributed by atoms with Gasteiger partial charge in [0.15, 0.2) is 5.65 Å². The zero-order chi connectivity index (χ0) is 15.6. The molecule has 0 aliphatic rings. The van der Waals surface area contributed by atoms with Gasteiger partial charge in [-0.3, -0.25) is 9.78 Å². The zero-order valence-corrected chi connectivity index (χ0v) is 11.9. The minimum atomic E-state index is -0.246. The van der Waals surface area contributed by atoms with Gasteiger partial charge in [-0.1, -0.05) is 12.1 Å². The first kappa shape index (κ1) is 13.4. The number of rotatable bonds is 4. The second-order valence-corrected chi connectivity index (χ2v) is 5.03. The summed E-state index contributed by atoms with van der Waals surface area (Å²) in [4.78, 5) is 8.31. The van der Waals surface area contributed by atoms with Gasteiger partial charge in [0.1, 0.15) is 18.0 Å². The molecule has 114 valence electrons. The lowest BCUT2D eigenvalue weighted by Gasteiger charge is -2.03. The quantitative estimate of drug-likeness (QED) is 0.605. The maximum absolute atomic E-state index is 12.9. The van der Waals surface area contributed by atoms with Crippen molar-refractivity contribution < 1.29 is 4.39 Å². The third-order valence-corrected chi connectivity index (χ3v) is 3.40. The number of nitrogens with one attached hydrogen (secondary N) is 2.